The lowest BCUT2D eigenvalue weighted by atomic mass is 9.88. The predicted molar refractivity (Wildman–Crippen MR) is 114 cm³/mol. The van der Waals surface area contributed by atoms with Crippen LogP contribution in [0, 0.1) is 5.92 Å². The highest BCUT2D eigenvalue weighted by Crippen LogP contribution is 2.27. The van der Waals surface area contributed by atoms with Crippen LogP contribution in [-0.4, -0.2) is 18.5 Å². The largest absolute Gasteiger partial charge is 0.455 e. The second kappa shape index (κ2) is 10.3. The molecule has 0 spiro atoms. The molecule has 2 aromatic rings. The van der Waals surface area contributed by atoms with Crippen molar-refractivity contribution < 1.29 is 14.3 Å². The monoisotopic (exact) mass is 401 g/mol. The number of carbonyl (C=O) groups is 2. The zero-order valence-corrected chi connectivity index (χ0v) is 17.6. The lowest BCUT2D eigenvalue weighted by molar-refractivity contribution is -0.149. The van der Waals surface area contributed by atoms with E-state index < -0.39 is 11.9 Å². The summed E-state index contributed by atoms with van der Waals surface area (Å²) in [6.45, 7) is 7.88. The Kier molecular flexibility index (Phi) is 8.06. The lowest BCUT2D eigenvalue weighted by Gasteiger charge is -2.20. The number of carbonyl (C=O) groups excluding carboxylic acids is 2. The van der Waals surface area contributed by atoms with Crippen molar-refractivity contribution in [1.29, 1.82) is 0 Å². The minimum absolute atomic E-state index is 0.0323. The molecule has 150 valence electrons. The minimum Gasteiger partial charge on any atom is -0.455 e. The first-order valence-electron chi connectivity index (χ1n) is 9.63. The Bertz CT molecular complexity index is 784. The van der Waals surface area contributed by atoms with Crippen LogP contribution in [0.15, 0.2) is 48.5 Å². The Labute approximate surface area is 172 Å². The van der Waals surface area contributed by atoms with Crippen LogP contribution in [0.25, 0.3) is 0 Å². The summed E-state index contributed by atoms with van der Waals surface area (Å²) >= 11 is 5.92. The van der Waals surface area contributed by atoms with Crippen LogP contribution in [0.4, 0.5) is 5.69 Å². The Morgan fingerprint density at radius 2 is 1.54 bits per heavy atom. The summed E-state index contributed by atoms with van der Waals surface area (Å²) < 4.78 is 5.28. The molecule has 2 atom stereocenters. The summed E-state index contributed by atoms with van der Waals surface area (Å²) in [5.41, 5.74) is 2.74. The number of anilines is 1. The van der Waals surface area contributed by atoms with Gasteiger partial charge in [0, 0.05) is 10.7 Å². The van der Waals surface area contributed by atoms with Crippen LogP contribution in [0.3, 0.4) is 0 Å². The lowest BCUT2D eigenvalue weighted by Crippen LogP contribution is -2.26. The fourth-order valence-corrected chi connectivity index (χ4v) is 3.14. The first-order chi connectivity index (χ1) is 13.3. The van der Waals surface area contributed by atoms with Crippen molar-refractivity contribution in [3.63, 3.8) is 0 Å². The van der Waals surface area contributed by atoms with Gasteiger partial charge in [0.15, 0.2) is 6.61 Å². The van der Waals surface area contributed by atoms with E-state index in [1.807, 2.05) is 50.2 Å². The molecule has 5 heteroatoms. The molecule has 0 bridgehead atoms. The maximum atomic E-state index is 12.5. The van der Waals surface area contributed by atoms with Crippen molar-refractivity contribution in [2.24, 2.45) is 5.92 Å². The van der Waals surface area contributed by atoms with Crippen molar-refractivity contribution in [3.8, 4) is 0 Å². The van der Waals surface area contributed by atoms with Gasteiger partial charge in [-0.3, -0.25) is 9.59 Å². The highest BCUT2D eigenvalue weighted by atomic mass is 35.5. The zero-order valence-electron chi connectivity index (χ0n) is 16.9. The molecule has 0 aliphatic heterocycles. The summed E-state index contributed by atoms with van der Waals surface area (Å²) in [6, 6.07) is 14.9. The third-order valence-electron chi connectivity index (χ3n) is 4.87. The maximum absolute atomic E-state index is 12.5. The number of rotatable bonds is 8. The van der Waals surface area contributed by atoms with Gasteiger partial charge in [-0.2, -0.15) is 0 Å². The van der Waals surface area contributed by atoms with Crippen LogP contribution >= 0.6 is 11.6 Å². The number of benzene rings is 2. The summed E-state index contributed by atoms with van der Waals surface area (Å²) in [5.74, 6) is -0.709. The highest BCUT2D eigenvalue weighted by molar-refractivity contribution is 6.30. The quantitative estimate of drug-likeness (QED) is 0.571. The maximum Gasteiger partial charge on any atom is 0.314 e. The van der Waals surface area contributed by atoms with Crippen LogP contribution in [-0.2, 0) is 14.3 Å². The number of hydrogen-bond acceptors (Lipinski definition) is 3. The van der Waals surface area contributed by atoms with Crippen molar-refractivity contribution in [1.82, 2.24) is 0 Å². The zero-order chi connectivity index (χ0) is 20.7. The average Bonchev–Trinajstić information content (AvgIpc) is 2.68. The number of amides is 1. The topological polar surface area (TPSA) is 55.4 Å². The first-order valence-corrected chi connectivity index (χ1v) is 10.0. The van der Waals surface area contributed by atoms with Gasteiger partial charge in [0.1, 0.15) is 0 Å². The standard InChI is InChI=1S/C23H28ClNO3/c1-5-16(4)17-8-12-20(13-9-17)25-21(26)14-28-23(27)22(15(2)3)18-6-10-19(24)11-7-18/h6-13,15-16,22H,5,14H2,1-4H3,(H,25,26)/t16-,22-/m1/s1. The molecule has 0 saturated heterocycles. The van der Waals surface area contributed by atoms with E-state index in [1.165, 1.54) is 5.56 Å². The fraction of sp³-hybridized carbons (Fsp3) is 0.391. The molecule has 0 aromatic heterocycles. The fourth-order valence-electron chi connectivity index (χ4n) is 3.02. The van der Waals surface area contributed by atoms with E-state index in [-0.39, 0.29) is 18.4 Å². The molecule has 0 aliphatic rings. The normalized spacial score (nSPS) is 13.1. The van der Waals surface area contributed by atoms with Gasteiger partial charge in [-0.25, -0.2) is 0 Å². The molecule has 1 N–H and O–H groups in total. The number of ether oxygens (including phenoxy) is 1. The second-order valence-corrected chi connectivity index (χ2v) is 7.80. The molecule has 0 saturated carbocycles. The van der Waals surface area contributed by atoms with Crippen molar-refractivity contribution in [3.05, 3.63) is 64.7 Å². The van der Waals surface area contributed by atoms with E-state index in [4.69, 9.17) is 16.3 Å². The van der Waals surface area contributed by atoms with Gasteiger partial charge in [0.2, 0.25) is 0 Å². The van der Waals surface area contributed by atoms with E-state index >= 15 is 0 Å². The SMILES string of the molecule is CC[C@@H](C)c1ccc(NC(=O)COC(=O)[C@@H](c2ccc(Cl)cc2)C(C)C)cc1. The van der Waals surface area contributed by atoms with E-state index in [2.05, 4.69) is 19.2 Å². The molecule has 2 aromatic carbocycles. The van der Waals surface area contributed by atoms with E-state index in [0.29, 0.717) is 16.6 Å². The van der Waals surface area contributed by atoms with Gasteiger partial charge in [-0.15, -0.1) is 0 Å². The number of halogens is 1. The van der Waals surface area contributed by atoms with Crippen LogP contribution in [0.2, 0.25) is 5.02 Å². The van der Waals surface area contributed by atoms with Gasteiger partial charge in [-0.05, 0) is 53.6 Å². The van der Waals surface area contributed by atoms with Crippen LogP contribution in [0.1, 0.15) is 57.1 Å². The summed E-state index contributed by atoms with van der Waals surface area (Å²) in [6.07, 6.45) is 1.06. The van der Waals surface area contributed by atoms with Crippen molar-refractivity contribution in [2.45, 2.75) is 46.0 Å². The molecule has 28 heavy (non-hydrogen) atoms. The average molecular weight is 402 g/mol. The van der Waals surface area contributed by atoms with E-state index in [0.717, 1.165) is 12.0 Å². The van der Waals surface area contributed by atoms with Gasteiger partial charge >= 0.3 is 5.97 Å². The summed E-state index contributed by atoms with van der Waals surface area (Å²) in [4.78, 5) is 24.7. The van der Waals surface area contributed by atoms with E-state index in [1.54, 1.807) is 12.1 Å². The third-order valence-corrected chi connectivity index (χ3v) is 5.12. The molecule has 2 rings (SSSR count). The Morgan fingerprint density at radius 1 is 0.964 bits per heavy atom. The molecule has 1 amide bonds. The Morgan fingerprint density at radius 3 is 2.07 bits per heavy atom. The van der Waals surface area contributed by atoms with Crippen LogP contribution in [0.5, 0.6) is 0 Å². The van der Waals surface area contributed by atoms with Gasteiger partial charge in [0.25, 0.3) is 5.91 Å². The Hall–Kier alpha value is -2.33. The van der Waals surface area contributed by atoms with Gasteiger partial charge in [-0.1, -0.05) is 63.6 Å². The molecular formula is C23H28ClNO3. The smallest absolute Gasteiger partial charge is 0.314 e. The van der Waals surface area contributed by atoms with Gasteiger partial charge < -0.3 is 10.1 Å². The van der Waals surface area contributed by atoms with Crippen LogP contribution < -0.4 is 5.32 Å². The Balaban J connectivity index is 1.93. The van der Waals surface area contributed by atoms with Crippen molar-refractivity contribution >= 4 is 29.2 Å². The van der Waals surface area contributed by atoms with E-state index in [9.17, 15) is 9.59 Å². The molecule has 0 radical (unpaired) electrons. The number of esters is 1. The number of nitrogens with one attached hydrogen (secondary N) is 1. The molecule has 4 nitrogen and oxygen atoms in total. The highest BCUT2D eigenvalue weighted by Gasteiger charge is 2.26. The first kappa shape index (κ1) is 22.0. The van der Waals surface area contributed by atoms with Gasteiger partial charge in [0.05, 0.1) is 5.92 Å². The molecule has 0 heterocycles. The molecule has 0 fully saturated rings. The number of hydrogen-bond donors (Lipinski definition) is 1. The molecule has 0 aliphatic carbocycles. The molecular weight excluding hydrogens is 374 g/mol. The summed E-state index contributed by atoms with van der Waals surface area (Å²) in [7, 11) is 0. The van der Waals surface area contributed by atoms with Crippen molar-refractivity contribution in [2.75, 3.05) is 11.9 Å². The summed E-state index contributed by atoms with van der Waals surface area (Å²) in [5, 5.41) is 3.37. The third kappa shape index (κ3) is 6.10. The second-order valence-electron chi connectivity index (χ2n) is 7.36. The molecule has 0 unspecified atom stereocenters. The minimum atomic E-state index is -0.445. The predicted octanol–water partition coefficient (Wildman–Crippen LogP) is 5.78.